The van der Waals surface area contributed by atoms with Crippen molar-refractivity contribution in [3.05, 3.63) is 66.0 Å². The summed E-state index contributed by atoms with van der Waals surface area (Å²) in [6, 6.07) is 13.8. The summed E-state index contributed by atoms with van der Waals surface area (Å²) in [5.41, 5.74) is 5.17. The lowest BCUT2D eigenvalue weighted by atomic mass is 9.95. The van der Waals surface area contributed by atoms with Crippen LogP contribution in [-0.4, -0.2) is 74.2 Å². The van der Waals surface area contributed by atoms with E-state index in [4.69, 9.17) is 4.74 Å². The van der Waals surface area contributed by atoms with Gasteiger partial charge in [-0.15, -0.1) is 0 Å². The third kappa shape index (κ3) is 3.98. The lowest BCUT2D eigenvalue weighted by Crippen LogP contribution is -2.31. The number of methoxy groups -OCH3 is 1. The maximum Gasteiger partial charge on any atom is 0.259 e. The Kier molecular flexibility index (Phi) is 6.15. The van der Waals surface area contributed by atoms with Crippen LogP contribution in [0.3, 0.4) is 0 Å². The van der Waals surface area contributed by atoms with E-state index in [1.54, 1.807) is 13.3 Å². The van der Waals surface area contributed by atoms with Crippen molar-refractivity contribution in [2.75, 3.05) is 46.7 Å². The zero-order valence-electron chi connectivity index (χ0n) is 21.3. The maximum absolute atomic E-state index is 13.3. The van der Waals surface area contributed by atoms with E-state index >= 15 is 0 Å². The first-order chi connectivity index (χ1) is 17.3. The number of nitrogens with zero attached hydrogens (tertiary/aromatic N) is 3. The van der Waals surface area contributed by atoms with Crippen LogP contribution < -0.4 is 10.2 Å². The van der Waals surface area contributed by atoms with E-state index in [0.29, 0.717) is 17.7 Å². The number of aromatic amines is 1. The molecule has 2 aromatic heterocycles. The highest BCUT2D eigenvalue weighted by atomic mass is 16.5. The Morgan fingerprint density at radius 1 is 0.917 bits per heavy atom. The van der Waals surface area contributed by atoms with Gasteiger partial charge in [-0.2, -0.15) is 0 Å². The summed E-state index contributed by atoms with van der Waals surface area (Å²) in [4.78, 5) is 33.8. The Morgan fingerprint density at radius 3 is 2.31 bits per heavy atom. The van der Waals surface area contributed by atoms with Gasteiger partial charge in [0, 0.05) is 67.6 Å². The molecule has 1 aliphatic heterocycles. The average Bonchev–Trinajstić information content (AvgIpc) is 3.51. The zero-order chi connectivity index (χ0) is 25.6. The van der Waals surface area contributed by atoms with Crippen molar-refractivity contribution < 1.29 is 14.3 Å². The van der Waals surface area contributed by atoms with Gasteiger partial charge in [-0.25, -0.2) is 0 Å². The van der Waals surface area contributed by atoms with Crippen LogP contribution in [0.2, 0.25) is 0 Å². The topological polar surface area (TPSA) is 82.6 Å². The molecule has 0 aliphatic carbocycles. The zero-order valence-corrected chi connectivity index (χ0v) is 21.3. The van der Waals surface area contributed by atoms with Crippen LogP contribution in [0.25, 0.3) is 33.0 Å². The van der Waals surface area contributed by atoms with Crippen LogP contribution in [-0.2, 0) is 20.9 Å². The predicted octanol–water partition coefficient (Wildman–Crippen LogP) is 3.33. The second-order valence-electron chi connectivity index (χ2n) is 9.66. The van der Waals surface area contributed by atoms with Gasteiger partial charge in [0.15, 0.2) is 0 Å². The summed E-state index contributed by atoms with van der Waals surface area (Å²) in [6.07, 6.45) is 3.74. The molecule has 4 aromatic rings. The molecule has 186 valence electrons. The van der Waals surface area contributed by atoms with Crippen LogP contribution in [0.15, 0.2) is 54.9 Å². The number of benzene rings is 2. The van der Waals surface area contributed by atoms with Crippen LogP contribution in [0, 0.1) is 0 Å². The second-order valence-corrected chi connectivity index (χ2v) is 9.66. The molecule has 0 saturated heterocycles. The number of amides is 2. The van der Waals surface area contributed by atoms with Crippen LogP contribution in [0.1, 0.15) is 11.1 Å². The van der Waals surface area contributed by atoms with Crippen molar-refractivity contribution in [1.82, 2.24) is 19.8 Å². The normalized spacial score (nSPS) is 14.9. The number of imide groups is 1. The van der Waals surface area contributed by atoms with Gasteiger partial charge in [0.1, 0.15) is 0 Å². The fourth-order valence-corrected chi connectivity index (χ4v) is 5.13. The number of nitrogens with one attached hydrogen (secondary N) is 2. The molecule has 0 saturated carbocycles. The van der Waals surface area contributed by atoms with Gasteiger partial charge in [0.25, 0.3) is 11.8 Å². The van der Waals surface area contributed by atoms with Crippen molar-refractivity contribution in [2.45, 2.75) is 12.6 Å². The Bertz CT molecular complexity index is 1510. The fourth-order valence-electron chi connectivity index (χ4n) is 5.13. The van der Waals surface area contributed by atoms with E-state index in [0.717, 1.165) is 45.2 Å². The molecule has 0 radical (unpaired) electrons. The maximum atomic E-state index is 13.3. The number of hydrogen-bond donors (Lipinski definition) is 2. The molecule has 2 aromatic carbocycles. The molecule has 8 nitrogen and oxygen atoms in total. The number of rotatable bonds is 8. The van der Waals surface area contributed by atoms with Gasteiger partial charge in [0.05, 0.1) is 35.0 Å². The summed E-state index contributed by atoms with van der Waals surface area (Å²) < 4.78 is 7.94. The minimum atomic E-state index is -0.383. The molecule has 3 heterocycles. The van der Waals surface area contributed by atoms with E-state index in [1.807, 2.05) is 70.8 Å². The largest absolute Gasteiger partial charge is 0.378 e. The molecule has 8 heteroatoms. The summed E-state index contributed by atoms with van der Waals surface area (Å²) in [5.74, 6) is -0.766. The minimum absolute atomic E-state index is 0.0558. The number of aromatic nitrogens is 2. The monoisotopic (exact) mass is 485 g/mol. The highest BCUT2D eigenvalue weighted by Gasteiger charge is 2.35. The molecule has 0 bridgehead atoms. The molecular weight excluding hydrogens is 454 g/mol. The highest BCUT2D eigenvalue weighted by Crippen LogP contribution is 2.40. The van der Waals surface area contributed by atoms with Crippen LogP contribution in [0.5, 0.6) is 0 Å². The number of fused-ring (bicyclic) bond motifs is 2. The van der Waals surface area contributed by atoms with Gasteiger partial charge in [0.2, 0.25) is 0 Å². The van der Waals surface area contributed by atoms with Crippen LogP contribution >= 0.6 is 0 Å². The van der Waals surface area contributed by atoms with Gasteiger partial charge < -0.3 is 24.1 Å². The average molecular weight is 486 g/mol. The van der Waals surface area contributed by atoms with Crippen molar-refractivity contribution in [2.24, 2.45) is 0 Å². The summed E-state index contributed by atoms with van der Waals surface area (Å²) in [7, 11) is 9.75. The molecule has 5 rings (SSSR count). The summed E-state index contributed by atoms with van der Waals surface area (Å²) in [5, 5.41) is 4.36. The molecule has 36 heavy (non-hydrogen) atoms. The number of anilines is 1. The Balaban J connectivity index is 1.77. The predicted molar refractivity (Wildman–Crippen MR) is 144 cm³/mol. The van der Waals surface area contributed by atoms with Gasteiger partial charge in [-0.3, -0.25) is 14.9 Å². The van der Waals surface area contributed by atoms with E-state index in [1.165, 1.54) is 0 Å². The first-order valence-electron chi connectivity index (χ1n) is 11.9. The lowest BCUT2D eigenvalue weighted by Gasteiger charge is -2.22. The standard InChI is InChI=1S/C28H31N5O3/c1-31(2)14-17(36-5)15-33-16-21(19-10-8-12-23(26(19)33)32(3)4)25-24(27(34)30-28(25)35)20-13-29-22-11-7-6-9-18(20)22/h6-13,16-17,29H,14-15H2,1-5H3,(H,30,34,35). The van der Waals surface area contributed by atoms with E-state index in [9.17, 15) is 9.59 Å². The van der Waals surface area contributed by atoms with Crippen molar-refractivity contribution >= 4 is 50.5 Å². The molecule has 0 fully saturated rings. The summed E-state index contributed by atoms with van der Waals surface area (Å²) >= 11 is 0. The number of H-pyrrole nitrogens is 1. The molecule has 2 N–H and O–H groups in total. The van der Waals surface area contributed by atoms with Crippen molar-refractivity contribution in [3.8, 4) is 0 Å². The number of ether oxygens (including phenoxy) is 1. The van der Waals surface area contributed by atoms with Gasteiger partial charge >= 0.3 is 0 Å². The fraction of sp³-hybridized carbons (Fsp3) is 0.286. The first kappa shape index (κ1) is 23.8. The van der Waals surface area contributed by atoms with Crippen LogP contribution in [0.4, 0.5) is 5.69 Å². The van der Waals surface area contributed by atoms with Crippen molar-refractivity contribution in [3.63, 3.8) is 0 Å². The van der Waals surface area contributed by atoms with Gasteiger partial charge in [-0.05, 0) is 26.2 Å². The van der Waals surface area contributed by atoms with E-state index in [-0.39, 0.29) is 17.9 Å². The molecule has 0 spiro atoms. The smallest absolute Gasteiger partial charge is 0.259 e. The molecule has 1 unspecified atom stereocenters. The quantitative estimate of drug-likeness (QED) is 0.374. The van der Waals surface area contributed by atoms with Gasteiger partial charge in [-0.1, -0.05) is 30.3 Å². The Morgan fingerprint density at radius 2 is 1.61 bits per heavy atom. The highest BCUT2D eigenvalue weighted by molar-refractivity contribution is 6.50. The Hall–Kier alpha value is -3.88. The first-order valence-corrected chi connectivity index (χ1v) is 11.9. The summed E-state index contributed by atoms with van der Waals surface area (Å²) in [6.45, 7) is 1.35. The number of hydrogen-bond acceptors (Lipinski definition) is 5. The number of likely N-dealkylation sites (N-methyl/N-ethyl adjacent to an activating group) is 1. The number of carbonyl (C=O) groups excluding carboxylic acids is 2. The van der Waals surface area contributed by atoms with Crippen molar-refractivity contribution in [1.29, 1.82) is 0 Å². The second kappa shape index (κ2) is 9.29. The SMILES string of the molecule is COC(CN(C)C)Cn1cc(C2=C(c3c[nH]c4ccccc34)C(=O)NC2=O)c2cccc(N(C)C)c21. The molecule has 1 aliphatic rings. The third-order valence-electron chi connectivity index (χ3n) is 6.72. The number of carbonyl (C=O) groups is 2. The Labute approximate surface area is 210 Å². The van der Waals surface area contributed by atoms with E-state index in [2.05, 4.69) is 30.7 Å². The molecular formula is C28H31N5O3. The van der Waals surface area contributed by atoms with E-state index < -0.39 is 0 Å². The molecule has 1 atom stereocenters. The number of para-hydroxylation sites is 2. The minimum Gasteiger partial charge on any atom is -0.378 e. The third-order valence-corrected chi connectivity index (χ3v) is 6.72. The molecule has 2 amide bonds. The lowest BCUT2D eigenvalue weighted by molar-refractivity contribution is -0.122.